The molecule has 0 aromatic carbocycles. The molecule has 0 aromatic heterocycles. The molecule has 0 aromatic rings. The molecule has 2 heteroatoms. The maximum Gasteiger partial charge on any atom is 0.0191 e. The van der Waals surface area contributed by atoms with Crippen LogP contribution < -0.4 is 5.32 Å². The summed E-state index contributed by atoms with van der Waals surface area (Å²) in [6, 6.07) is 0.811. The summed E-state index contributed by atoms with van der Waals surface area (Å²) in [5, 5.41) is 3.47. The highest BCUT2D eigenvalue weighted by Gasteiger charge is 2.29. The van der Waals surface area contributed by atoms with Crippen LogP contribution in [0.5, 0.6) is 0 Å². The average molecular weight is 199 g/mol. The van der Waals surface area contributed by atoms with Crippen LogP contribution in [0.25, 0.3) is 0 Å². The fourth-order valence-corrected chi connectivity index (χ4v) is 4.32. The summed E-state index contributed by atoms with van der Waals surface area (Å²) in [6.45, 7) is 0. The van der Waals surface area contributed by atoms with Gasteiger partial charge >= 0.3 is 0 Å². The maximum absolute atomic E-state index is 3.47. The fraction of sp³-hybridized carbons (Fsp3) is 1.00. The third-order valence-electron chi connectivity index (χ3n) is 3.68. The second-order valence-corrected chi connectivity index (χ2v) is 5.65. The predicted molar refractivity (Wildman–Crippen MR) is 60.2 cm³/mol. The molecule has 0 amide bonds. The zero-order chi connectivity index (χ0) is 9.10. The molecule has 1 saturated carbocycles. The lowest BCUT2D eigenvalue weighted by Gasteiger charge is -2.21. The molecule has 1 aliphatic heterocycles. The first-order chi connectivity index (χ1) is 6.40. The minimum atomic E-state index is 0.811. The van der Waals surface area contributed by atoms with Crippen LogP contribution in [0.3, 0.4) is 0 Å². The molecule has 0 spiro atoms. The highest BCUT2D eigenvalue weighted by atomic mass is 32.2. The van der Waals surface area contributed by atoms with Gasteiger partial charge in [-0.15, -0.1) is 0 Å². The second-order valence-electron chi connectivity index (χ2n) is 4.58. The minimum Gasteiger partial charge on any atom is -0.316 e. The molecule has 2 fully saturated rings. The number of rotatable bonds is 3. The van der Waals surface area contributed by atoms with E-state index in [1.165, 1.54) is 43.6 Å². The van der Waals surface area contributed by atoms with E-state index in [-0.39, 0.29) is 0 Å². The van der Waals surface area contributed by atoms with Crippen LogP contribution in [0.2, 0.25) is 0 Å². The Hall–Kier alpha value is 0.310. The molecule has 1 saturated heterocycles. The number of nitrogens with one attached hydrogen (secondary N) is 1. The molecule has 0 bridgehead atoms. The van der Waals surface area contributed by atoms with Crippen LogP contribution in [-0.4, -0.2) is 24.6 Å². The Morgan fingerprint density at radius 2 is 2.00 bits per heavy atom. The average Bonchev–Trinajstić information content (AvgIpc) is 2.76. The van der Waals surface area contributed by atoms with Crippen LogP contribution in [0.4, 0.5) is 0 Å². The molecule has 2 atom stereocenters. The van der Waals surface area contributed by atoms with Crippen LogP contribution in [-0.2, 0) is 0 Å². The summed E-state index contributed by atoms with van der Waals surface area (Å²) in [5.41, 5.74) is 0. The lowest BCUT2D eigenvalue weighted by atomic mass is 9.90. The Balaban J connectivity index is 1.79. The van der Waals surface area contributed by atoms with Gasteiger partial charge < -0.3 is 5.32 Å². The van der Waals surface area contributed by atoms with E-state index < -0.39 is 0 Å². The van der Waals surface area contributed by atoms with Crippen LogP contribution >= 0.6 is 11.8 Å². The molecular weight excluding hydrogens is 178 g/mol. The van der Waals surface area contributed by atoms with E-state index in [9.17, 15) is 0 Å². The van der Waals surface area contributed by atoms with Crippen molar-refractivity contribution in [1.82, 2.24) is 5.32 Å². The van der Waals surface area contributed by atoms with Crippen molar-refractivity contribution in [1.29, 1.82) is 0 Å². The van der Waals surface area contributed by atoms with E-state index in [1.54, 1.807) is 0 Å². The number of thioether (sulfide) groups is 1. The van der Waals surface area contributed by atoms with Crippen molar-refractivity contribution in [2.24, 2.45) is 11.8 Å². The topological polar surface area (TPSA) is 12.0 Å². The summed E-state index contributed by atoms with van der Waals surface area (Å²) in [6.07, 6.45) is 7.51. The zero-order valence-corrected chi connectivity index (χ0v) is 9.41. The van der Waals surface area contributed by atoms with Gasteiger partial charge in [0.05, 0.1) is 0 Å². The maximum atomic E-state index is 3.47. The molecule has 2 rings (SSSR count). The molecule has 2 aliphatic rings. The first-order valence-electron chi connectivity index (χ1n) is 5.65. The van der Waals surface area contributed by atoms with Crippen LogP contribution in [0.15, 0.2) is 0 Å². The number of hydrogen-bond acceptors (Lipinski definition) is 2. The van der Waals surface area contributed by atoms with Gasteiger partial charge in [-0.25, -0.2) is 0 Å². The van der Waals surface area contributed by atoms with Crippen LogP contribution in [0, 0.1) is 11.8 Å². The van der Waals surface area contributed by atoms with Gasteiger partial charge in [-0.2, -0.15) is 11.8 Å². The largest absolute Gasteiger partial charge is 0.316 e. The third-order valence-corrected chi connectivity index (χ3v) is 4.94. The molecule has 1 aliphatic carbocycles. The molecule has 2 unspecified atom stereocenters. The smallest absolute Gasteiger partial charge is 0.0191 e. The van der Waals surface area contributed by atoms with Crippen LogP contribution in [0.1, 0.15) is 32.1 Å². The van der Waals surface area contributed by atoms with E-state index in [4.69, 9.17) is 0 Å². The zero-order valence-electron chi connectivity index (χ0n) is 8.59. The lowest BCUT2D eigenvalue weighted by Crippen LogP contribution is -2.33. The van der Waals surface area contributed by atoms with Crippen molar-refractivity contribution in [3.8, 4) is 0 Å². The van der Waals surface area contributed by atoms with E-state index in [0.29, 0.717) is 0 Å². The molecule has 0 radical (unpaired) electrons. The Kier molecular flexibility index (Phi) is 3.56. The summed E-state index contributed by atoms with van der Waals surface area (Å²) < 4.78 is 0. The molecule has 13 heavy (non-hydrogen) atoms. The van der Waals surface area contributed by atoms with Gasteiger partial charge in [0.15, 0.2) is 0 Å². The van der Waals surface area contributed by atoms with Crippen molar-refractivity contribution in [2.75, 3.05) is 18.6 Å². The van der Waals surface area contributed by atoms with Gasteiger partial charge in [-0.3, -0.25) is 0 Å². The highest BCUT2D eigenvalue weighted by molar-refractivity contribution is 7.99. The predicted octanol–water partition coefficient (Wildman–Crippen LogP) is 2.52. The van der Waals surface area contributed by atoms with E-state index in [0.717, 1.165) is 17.9 Å². The Bertz CT molecular complexity index is 154. The van der Waals surface area contributed by atoms with Crippen molar-refractivity contribution < 1.29 is 0 Å². The molecule has 1 nitrogen and oxygen atoms in total. The van der Waals surface area contributed by atoms with Crippen molar-refractivity contribution >= 4 is 11.8 Å². The molecular formula is C11H21NS. The Labute approximate surface area is 86.0 Å². The second kappa shape index (κ2) is 4.70. The van der Waals surface area contributed by atoms with Crippen molar-refractivity contribution in [3.63, 3.8) is 0 Å². The van der Waals surface area contributed by atoms with Crippen molar-refractivity contribution in [2.45, 2.75) is 38.1 Å². The molecule has 1 N–H and O–H groups in total. The van der Waals surface area contributed by atoms with E-state index in [1.807, 2.05) is 0 Å². The summed E-state index contributed by atoms with van der Waals surface area (Å²) in [5.74, 6) is 4.79. The summed E-state index contributed by atoms with van der Waals surface area (Å²) in [4.78, 5) is 0. The van der Waals surface area contributed by atoms with Gasteiger partial charge in [0.25, 0.3) is 0 Å². The lowest BCUT2D eigenvalue weighted by molar-refractivity contribution is 0.350. The fourth-order valence-electron chi connectivity index (χ4n) is 2.82. The minimum absolute atomic E-state index is 0.811. The molecule has 76 valence electrons. The Morgan fingerprint density at radius 1 is 1.23 bits per heavy atom. The summed E-state index contributed by atoms with van der Waals surface area (Å²) >= 11 is 2.14. The number of hydrogen-bond donors (Lipinski definition) is 1. The first kappa shape index (κ1) is 9.85. The third kappa shape index (κ3) is 2.41. The van der Waals surface area contributed by atoms with Gasteiger partial charge in [-0.05, 0) is 31.1 Å². The van der Waals surface area contributed by atoms with E-state index in [2.05, 4.69) is 24.1 Å². The SMILES string of the molecule is CNC1CSCC1CC1CCCC1. The van der Waals surface area contributed by atoms with Gasteiger partial charge in [0.2, 0.25) is 0 Å². The standard InChI is InChI=1S/C11H21NS/c1-12-11-8-13-7-10(11)6-9-4-2-3-5-9/h9-12H,2-8H2,1H3. The van der Waals surface area contributed by atoms with Gasteiger partial charge in [0.1, 0.15) is 0 Å². The van der Waals surface area contributed by atoms with Crippen molar-refractivity contribution in [3.05, 3.63) is 0 Å². The first-order valence-corrected chi connectivity index (χ1v) is 6.80. The van der Waals surface area contributed by atoms with E-state index >= 15 is 0 Å². The van der Waals surface area contributed by atoms with Gasteiger partial charge in [0, 0.05) is 11.8 Å². The Morgan fingerprint density at radius 3 is 2.69 bits per heavy atom. The quantitative estimate of drug-likeness (QED) is 0.749. The highest BCUT2D eigenvalue weighted by Crippen LogP contribution is 2.35. The monoisotopic (exact) mass is 199 g/mol. The molecule has 1 heterocycles. The van der Waals surface area contributed by atoms with Gasteiger partial charge in [-0.1, -0.05) is 25.7 Å². The summed E-state index contributed by atoms with van der Waals surface area (Å²) in [7, 11) is 2.12. The normalized spacial score (nSPS) is 35.8.